The van der Waals surface area contributed by atoms with Gasteiger partial charge in [-0.2, -0.15) is 18.2 Å². The van der Waals surface area contributed by atoms with Gasteiger partial charge in [0.2, 0.25) is 5.88 Å². The maximum atomic E-state index is 13.5. The first-order valence-corrected chi connectivity index (χ1v) is 8.87. The Hall–Kier alpha value is -3.49. The molecule has 2 aromatic carbocycles. The summed E-state index contributed by atoms with van der Waals surface area (Å²) in [4.78, 5) is 20.5. The Morgan fingerprint density at radius 1 is 1.10 bits per heavy atom. The lowest BCUT2D eigenvalue weighted by Gasteiger charge is -2.13. The van der Waals surface area contributed by atoms with Crippen molar-refractivity contribution in [1.82, 2.24) is 9.97 Å². The third-order valence-corrected chi connectivity index (χ3v) is 3.99. The molecule has 0 N–H and O–H groups in total. The summed E-state index contributed by atoms with van der Waals surface area (Å²) in [7, 11) is 0. The molecule has 0 fully saturated rings. The number of halogens is 4. The van der Waals surface area contributed by atoms with Gasteiger partial charge in [-0.25, -0.2) is 14.2 Å². The van der Waals surface area contributed by atoms with Gasteiger partial charge in [0.05, 0.1) is 12.2 Å². The normalized spacial score (nSPS) is 11.2. The highest BCUT2D eigenvalue weighted by Gasteiger charge is 2.34. The topological polar surface area (TPSA) is 61.3 Å². The summed E-state index contributed by atoms with van der Waals surface area (Å²) in [6.07, 6.45) is -3.61. The third kappa shape index (κ3) is 4.91. The van der Waals surface area contributed by atoms with Crippen molar-refractivity contribution >= 4 is 5.97 Å². The van der Waals surface area contributed by atoms with Gasteiger partial charge in [-0.1, -0.05) is 36.4 Å². The average Bonchev–Trinajstić information content (AvgIpc) is 2.73. The van der Waals surface area contributed by atoms with Gasteiger partial charge in [0.15, 0.2) is 5.82 Å². The maximum absolute atomic E-state index is 13.5. The molecule has 3 aromatic rings. The molecule has 0 aliphatic rings. The van der Waals surface area contributed by atoms with Crippen LogP contribution in [0.25, 0.3) is 11.4 Å². The minimum absolute atomic E-state index is 0.0541. The fraction of sp³-hybridized carbons (Fsp3) is 0.190. The molecule has 0 saturated carbocycles. The number of rotatable bonds is 6. The van der Waals surface area contributed by atoms with Crippen LogP contribution in [-0.2, 0) is 17.5 Å². The van der Waals surface area contributed by atoms with E-state index in [1.54, 1.807) is 37.3 Å². The Bertz CT molecular complexity index is 1040. The van der Waals surface area contributed by atoms with Crippen molar-refractivity contribution in [2.45, 2.75) is 19.7 Å². The van der Waals surface area contributed by atoms with E-state index < -0.39 is 23.5 Å². The Morgan fingerprint density at radius 2 is 1.83 bits per heavy atom. The second kappa shape index (κ2) is 8.89. The van der Waals surface area contributed by atoms with E-state index in [1.165, 1.54) is 6.20 Å². The Balaban J connectivity index is 1.92. The average molecular weight is 420 g/mol. The molecule has 0 atom stereocenters. The smallest absolute Gasteiger partial charge is 0.419 e. The first kappa shape index (κ1) is 21.2. The molecule has 9 heteroatoms. The predicted molar refractivity (Wildman–Crippen MR) is 99.2 cm³/mol. The molecule has 5 nitrogen and oxygen atoms in total. The fourth-order valence-electron chi connectivity index (χ4n) is 2.58. The van der Waals surface area contributed by atoms with Gasteiger partial charge >= 0.3 is 12.1 Å². The second-order valence-electron chi connectivity index (χ2n) is 6.10. The first-order valence-electron chi connectivity index (χ1n) is 8.87. The lowest BCUT2D eigenvalue weighted by molar-refractivity contribution is -0.140. The molecule has 0 aliphatic heterocycles. The van der Waals surface area contributed by atoms with Crippen molar-refractivity contribution in [1.29, 1.82) is 0 Å². The number of carbonyl (C=O) groups excluding carboxylic acids is 1. The number of ether oxygens (including phenoxy) is 2. The molecule has 0 aliphatic carbocycles. The molecular formula is C21H16F4N2O3. The van der Waals surface area contributed by atoms with Gasteiger partial charge in [-0.05, 0) is 24.6 Å². The zero-order valence-electron chi connectivity index (χ0n) is 15.7. The van der Waals surface area contributed by atoms with Crippen molar-refractivity contribution in [3.05, 3.63) is 77.2 Å². The summed E-state index contributed by atoms with van der Waals surface area (Å²) in [5, 5.41) is 0. The summed E-state index contributed by atoms with van der Waals surface area (Å²) in [5.74, 6) is -2.01. The van der Waals surface area contributed by atoms with E-state index in [9.17, 15) is 22.4 Å². The molecule has 0 saturated heterocycles. The maximum Gasteiger partial charge on any atom is 0.419 e. The van der Waals surface area contributed by atoms with Gasteiger partial charge in [0.25, 0.3) is 0 Å². The number of benzene rings is 2. The summed E-state index contributed by atoms with van der Waals surface area (Å²) in [5.41, 5.74) is -0.770. The molecule has 30 heavy (non-hydrogen) atoms. The van der Waals surface area contributed by atoms with E-state index in [0.29, 0.717) is 17.7 Å². The van der Waals surface area contributed by atoms with E-state index in [0.717, 1.165) is 6.07 Å². The Kier molecular flexibility index (Phi) is 6.29. The molecule has 0 spiro atoms. The summed E-state index contributed by atoms with van der Waals surface area (Å²) in [6, 6.07) is 11.4. The number of carbonyl (C=O) groups is 1. The molecule has 1 heterocycles. The SMILES string of the molecule is CCOC(=O)c1cnc(-c2ccccc2)nc1OCc1ccc(F)c(C(F)(F)F)c1. The lowest BCUT2D eigenvalue weighted by Crippen LogP contribution is -2.12. The Morgan fingerprint density at radius 3 is 2.50 bits per heavy atom. The minimum Gasteiger partial charge on any atom is -0.472 e. The summed E-state index contributed by atoms with van der Waals surface area (Å²) >= 11 is 0. The fourth-order valence-corrected chi connectivity index (χ4v) is 2.58. The summed E-state index contributed by atoms with van der Waals surface area (Å²) in [6.45, 7) is 1.35. The zero-order valence-corrected chi connectivity index (χ0v) is 15.7. The highest BCUT2D eigenvalue weighted by molar-refractivity contribution is 5.91. The summed E-state index contributed by atoms with van der Waals surface area (Å²) < 4.78 is 62.7. The van der Waals surface area contributed by atoms with Crippen molar-refractivity contribution in [2.75, 3.05) is 6.61 Å². The molecule has 3 rings (SSSR count). The van der Waals surface area contributed by atoms with E-state index in [4.69, 9.17) is 9.47 Å². The quantitative estimate of drug-likeness (QED) is 0.412. The molecule has 0 unspecified atom stereocenters. The number of nitrogens with zero attached hydrogens (tertiary/aromatic N) is 2. The van der Waals surface area contributed by atoms with Crippen molar-refractivity contribution in [3.8, 4) is 17.3 Å². The van der Waals surface area contributed by atoms with Gasteiger partial charge < -0.3 is 9.47 Å². The van der Waals surface area contributed by atoms with Crippen LogP contribution >= 0.6 is 0 Å². The molecule has 0 bridgehead atoms. The van der Waals surface area contributed by atoms with E-state index in [2.05, 4.69) is 9.97 Å². The first-order chi connectivity index (χ1) is 14.3. The number of esters is 1. The molecule has 0 radical (unpaired) electrons. The molecule has 1 aromatic heterocycles. The minimum atomic E-state index is -4.84. The van der Waals surface area contributed by atoms with Gasteiger partial charge in [0.1, 0.15) is 18.0 Å². The molecular weight excluding hydrogens is 404 g/mol. The monoisotopic (exact) mass is 420 g/mol. The van der Waals surface area contributed by atoms with Crippen LogP contribution in [0.1, 0.15) is 28.4 Å². The van der Waals surface area contributed by atoms with Crippen LogP contribution < -0.4 is 4.74 Å². The standard InChI is InChI=1S/C21H16F4N2O3/c1-2-29-20(28)15-11-26-18(14-6-4-3-5-7-14)27-19(15)30-12-13-8-9-17(22)16(10-13)21(23,24)25/h3-11H,2,12H2,1H3. The lowest BCUT2D eigenvalue weighted by atomic mass is 10.1. The number of alkyl halides is 3. The van der Waals surface area contributed by atoms with E-state index in [1.807, 2.05) is 0 Å². The largest absolute Gasteiger partial charge is 0.472 e. The third-order valence-electron chi connectivity index (χ3n) is 3.99. The number of hydrogen-bond donors (Lipinski definition) is 0. The van der Waals surface area contributed by atoms with E-state index >= 15 is 0 Å². The molecule has 0 amide bonds. The van der Waals surface area contributed by atoms with Crippen molar-refractivity contribution < 1.29 is 31.8 Å². The van der Waals surface area contributed by atoms with Crippen LogP contribution in [0.5, 0.6) is 5.88 Å². The highest BCUT2D eigenvalue weighted by atomic mass is 19.4. The van der Waals surface area contributed by atoms with Gasteiger partial charge in [0, 0.05) is 11.8 Å². The van der Waals surface area contributed by atoms with Crippen molar-refractivity contribution in [2.24, 2.45) is 0 Å². The number of aromatic nitrogens is 2. The van der Waals surface area contributed by atoms with Crippen LogP contribution in [0.3, 0.4) is 0 Å². The van der Waals surface area contributed by atoms with Crippen LogP contribution in [0.15, 0.2) is 54.7 Å². The van der Waals surface area contributed by atoms with Gasteiger partial charge in [-0.15, -0.1) is 0 Å². The van der Waals surface area contributed by atoms with Gasteiger partial charge in [-0.3, -0.25) is 0 Å². The second-order valence-corrected chi connectivity index (χ2v) is 6.10. The number of hydrogen-bond acceptors (Lipinski definition) is 5. The Labute approximate surface area is 169 Å². The zero-order chi connectivity index (χ0) is 21.7. The van der Waals surface area contributed by atoms with Crippen LogP contribution in [-0.4, -0.2) is 22.5 Å². The van der Waals surface area contributed by atoms with Crippen molar-refractivity contribution in [3.63, 3.8) is 0 Å². The van der Waals surface area contributed by atoms with E-state index in [-0.39, 0.29) is 36.0 Å². The van der Waals surface area contributed by atoms with Crippen LogP contribution in [0.4, 0.5) is 17.6 Å². The predicted octanol–water partition coefficient (Wildman–Crippen LogP) is 5.06. The van der Waals surface area contributed by atoms with Crippen LogP contribution in [0, 0.1) is 5.82 Å². The highest BCUT2D eigenvalue weighted by Crippen LogP contribution is 2.32. The van der Waals surface area contributed by atoms with Crippen LogP contribution in [0.2, 0.25) is 0 Å². The molecule has 156 valence electrons.